The Kier molecular flexibility index (Phi) is 5.28. The van der Waals surface area contributed by atoms with Crippen LogP contribution in [-0.2, 0) is 10.0 Å². The van der Waals surface area contributed by atoms with Gasteiger partial charge in [-0.1, -0.05) is 25.3 Å². The van der Waals surface area contributed by atoms with Crippen LogP contribution in [-0.4, -0.2) is 32.8 Å². The van der Waals surface area contributed by atoms with E-state index in [2.05, 4.69) is 10.6 Å². The van der Waals surface area contributed by atoms with E-state index >= 15 is 0 Å². The molecule has 0 atom stereocenters. The number of amides is 2. The van der Waals surface area contributed by atoms with Crippen LogP contribution in [0.15, 0.2) is 24.3 Å². The van der Waals surface area contributed by atoms with E-state index < -0.39 is 10.0 Å². The molecule has 1 saturated carbocycles. The summed E-state index contributed by atoms with van der Waals surface area (Å²) in [4.78, 5) is 12.1. The van der Waals surface area contributed by atoms with Crippen molar-refractivity contribution in [1.82, 2.24) is 5.32 Å². The Balaban J connectivity index is 1.65. The van der Waals surface area contributed by atoms with Crippen LogP contribution < -0.4 is 14.9 Å². The monoisotopic (exact) mass is 351 g/mol. The minimum Gasteiger partial charge on any atom is -0.335 e. The highest BCUT2D eigenvalue weighted by Gasteiger charge is 2.26. The van der Waals surface area contributed by atoms with Crippen LogP contribution in [0.5, 0.6) is 0 Å². The Labute approximate surface area is 143 Å². The zero-order chi connectivity index (χ0) is 17.0. The minimum atomic E-state index is -3.24. The maximum absolute atomic E-state index is 12.2. The lowest BCUT2D eigenvalue weighted by molar-refractivity contribution is 0.244. The van der Waals surface area contributed by atoms with Crippen molar-refractivity contribution < 1.29 is 13.2 Å². The largest absolute Gasteiger partial charge is 0.335 e. The first-order valence-corrected chi connectivity index (χ1v) is 10.3. The quantitative estimate of drug-likeness (QED) is 0.878. The molecule has 1 aliphatic carbocycles. The molecule has 1 aromatic carbocycles. The summed E-state index contributed by atoms with van der Waals surface area (Å²) in [5, 5.41) is 5.83. The van der Waals surface area contributed by atoms with E-state index in [1.807, 2.05) is 0 Å². The molecule has 3 rings (SSSR count). The fourth-order valence-electron chi connectivity index (χ4n) is 3.42. The number of rotatable bonds is 3. The van der Waals surface area contributed by atoms with E-state index in [4.69, 9.17) is 0 Å². The van der Waals surface area contributed by atoms with Gasteiger partial charge in [0.15, 0.2) is 0 Å². The van der Waals surface area contributed by atoms with Crippen molar-refractivity contribution >= 4 is 27.4 Å². The van der Waals surface area contributed by atoms with Crippen molar-refractivity contribution in [2.45, 2.75) is 51.0 Å². The number of urea groups is 1. The highest BCUT2D eigenvalue weighted by molar-refractivity contribution is 7.92. The number of hydrogen-bond acceptors (Lipinski definition) is 3. The van der Waals surface area contributed by atoms with Crippen molar-refractivity contribution in [3.63, 3.8) is 0 Å². The molecule has 0 spiro atoms. The van der Waals surface area contributed by atoms with E-state index in [1.54, 1.807) is 24.3 Å². The molecule has 24 heavy (non-hydrogen) atoms. The molecule has 0 bridgehead atoms. The minimum absolute atomic E-state index is 0.187. The van der Waals surface area contributed by atoms with E-state index in [1.165, 1.54) is 10.7 Å². The number of hydrogen-bond donors (Lipinski definition) is 2. The van der Waals surface area contributed by atoms with Crippen LogP contribution in [0.2, 0.25) is 0 Å². The van der Waals surface area contributed by atoms with Gasteiger partial charge in [0.1, 0.15) is 0 Å². The zero-order valence-corrected chi connectivity index (χ0v) is 14.6. The Morgan fingerprint density at radius 3 is 2.62 bits per heavy atom. The van der Waals surface area contributed by atoms with Crippen molar-refractivity contribution in [1.29, 1.82) is 0 Å². The molecule has 1 aromatic rings. The van der Waals surface area contributed by atoms with Gasteiger partial charge in [-0.25, -0.2) is 13.2 Å². The fourth-order valence-corrected chi connectivity index (χ4v) is 5.05. The van der Waals surface area contributed by atoms with Gasteiger partial charge in [-0.05, 0) is 43.9 Å². The van der Waals surface area contributed by atoms with Crippen LogP contribution in [0, 0.1) is 0 Å². The van der Waals surface area contributed by atoms with Gasteiger partial charge < -0.3 is 10.6 Å². The summed E-state index contributed by atoms with van der Waals surface area (Å²) in [6.45, 7) is 0.500. The molecule has 132 valence electrons. The van der Waals surface area contributed by atoms with Crippen LogP contribution in [0.4, 0.5) is 16.2 Å². The van der Waals surface area contributed by atoms with E-state index in [9.17, 15) is 13.2 Å². The Morgan fingerprint density at radius 2 is 1.88 bits per heavy atom. The third-order valence-corrected chi connectivity index (χ3v) is 6.55. The van der Waals surface area contributed by atoms with Gasteiger partial charge in [-0.3, -0.25) is 4.31 Å². The van der Waals surface area contributed by atoms with Crippen LogP contribution in [0.25, 0.3) is 0 Å². The molecule has 0 radical (unpaired) electrons. The Hall–Kier alpha value is -1.76. The lowest BCUT2D eigenvalue weighted by Gasteiger charge is -2.28. The molecule has 2 fully saturated rings. The second-order valence-electron chi connectivity index (χ2n) is 6.58. The van der Waals surface area contributed by atoms with Crippen molar-refractivity contribution in [2.75, 3.05) is 21.9 Å². The van der Waals surface area contributed by atoms with E-state index in [-0.39, 0.29) is 17.8 Å². The highest BCUT2D eigenvalue weighted by atomic mass is 32.2. The summed E-state index contributed by atoms with van der Waals surface area (Å²) in [6, 6.07) is 7.07. The number of anilines is 2. The predicted octanol–water partition coefficient (Wildman–Crippen LogP) is 3.07. The molecule has 1 heterocycles. The summed E-state index contributed by atoms with van der Waals surface area (Å²) in [6.07, 6.45) is 7.19. The van der Waals surface area contributed by atoms with Gasteiger partial charge >= 0.3 is 6.03 Å². The molecule has 2 amide bonds. The third-order valence-electron chi connectivity index (χ3n) is 4.68. The third kappa shape index (κ3) is 4.20. The average molecular weight is 351 g/mol. The van der Waals surface area contributed by atoms with Crippen LogP contribution in [0.3, 0.4) is 0 Å². The lowest BCUT2D eigenvalue weighted by Crippen LogP contribution is -2.39. The molecular formula is C17H25N3O3S. The van der Waals surface area contributed by atoms with Gasteiger partial charge in [0.05, 0.1) is 11.4 Å². The van der Waals surface area contributed by atoms with Crippen LogP contribution in [0.1, 0.15) is 44.9 Å². The topological polar surface area (TPSA) is 78.5 Å². The van der Waals surface area contributed by atoms with Gasteiger partial charge in [0.25, 0.3) is 0 Å². The number of carbonyl (C=O) groups excluding carboxylic acids is 1. The van der Waals surface area contributed by atoms with Gasteiger partial charge in [-0.2, -0.15) is 0 Å². The molecule has 2 N–H and O–H groups in total. The molecule has 1 saturated heterocycles. The predicted molar refractivity (Wildman–Crippen MR) is 95.8 cm³/mol. The second-order valence-corrected chi connectivity index (χ2v) is 8.59. The molecule has 0 aromatic heterocycles. The van der Waals surface area contributed by atoms with Crippen molar-refractivity contribution in [2.24, 2.45) is 0 Å². The standard InChI is InChI=1S/C17H25N3O3S/c21-17(18-14-7-2-1-3-8-14)19-15-9-6-10-16(13-15)20-11-4-5-12-24(20,22)23/h6,9-10,13-14H,1-5,7-8,11-12H2,(H2,18,19,21). The highest BCUT2D eigenvalue weighted by Crippen LogP contribution is 2.26. The maximum Gasteiger partial charge on any atom is 0.319 e. The number of benzene rings is 1. The number of nitrogens with zero attached hydrogens (tertiary/aromatic N) is 1. The first kappa shape index (κ1) is 17.1. The molecule has 7 heteroatoms. The zero-order valence-electron chi connectivity index (χ0n) is 13.8. The summed E-state index contributed by atoms with van der Waals surface area (Å²) in [5.74, 6) is 0.187. The Bertz CT molecular complexity index is 684. The summed E-state index contributed by atoms with van der Waals surface area (Å²) < 4.78 is 25.9. The first-order chi connectivity index (χ1) is 11.5. The molecule has 0 unspecified atom stereocenters. The molecule has 1 aliphatic heterocycles. The molecule has 2 aliphatic rings. The lowest BCUT2D eigenvalue weighted by atomic mass is 9.96. The first-order valence-electron chi connectivity index (χ1n) is 8.73. The van der Waals surface area contributed by atoms with E-state index in [0.717, 1.165) is 32.1 Å². The average Bonchev–Trinajstić information content (AvgIpc) is 2.55. The SMILES string of the molecule is O=C(Nc1cccc(N2CCCCS2(=O)=O)c1)NC1CCCCC1. The molecule has 6 nitrogen and oxygen atoms in total. The van der Waals surface area contributed by atoms with Gasteiger partial charge in [0, 0.05) is 18.3 Å². The second kappa shape index (κ2) is 7.42. The summed E-state index contributed by atoms with van der Waals surface area (Å²) in [5.41, 5.74) is 1.23. The number of sulfonamides is 1. The number of nitrogens with one attached hydrogen (secondary N) is 2. The van der Waals surface area contributed by atoms with Gasteiger partial charge in [0.2, 0.25) is 10.0 Å². The van der Waals surface area contributed by atoms with E-state index in [0.29, 0.717) is 24.3 Å². The summed E-state index contributed by atoms with van der Waals surface area (Å²) in [7, 11) is -3.24. The van der Waals surface area contributed by atoms with Crippen molar-refractivity contribution in [3.05, 3.63) is 24.3 Å². The van der Waals surface area contributed by atoms with Crippen molar-refractivity contribution in [3.8, 4) is 0 Å². The Morgan fingerprint density at radius 1 is 1.08 bits per heavy atom. The van der Waals surface area contributed by atoms with Crippen LogP contribution >= 0.6 is 0 Å². The normalized spacial score (nSPS) is 21.2. The maximum atomic E-state index is 12.2. The smallest absolute Gasteiger partial charge is 0.319 e. The molecular weight excluding hydrogens is 326 g/mol. The summed E-state index contributed by atoms with van der Waals surface area (Å²) >= 11 is 0. The van der Waals surface area contributed by atoms with Gasteiger partial charge in [-0.15, -0.1) is 0 Å². The number of carbonyl (C=O) groups is 1. The fraction of sp³-hybridized carbons (Fsp3) is 0.588.